The van der Waals surface area contributed by atoms with Gasteiger partial charge in [-0.2, -0.15) is 0 Å². The van der Waals surface area contributed by atoms with Crippen molar-refractivity contribution in [1.29, 1.82) is 0 Å². The SMILES string of the molecule is CC[C@H](N)C(=O)N(C(C)C)C1CCCC1.Cl. The molecular formula is C12H25ClN2O. The number of halogens is 1. The molecule has 1 aliphatic rings. The molecule has 0 bridgehead atoms. The third-order valence-electron chi connectivity index (χ3n) is 3.29. The fourth-order valence-corrected chi connectivity index (χ4v) is 2.40. The van der Waals surface area contributed by atoms with Crippen LogP contribution >= 0.6 is 12.4 Å². The fourth-order valence-electron chi connectivity index (χ4n) is 2.40. The molecule has 0 aromatic rings. The third kappa shape index (κ3) is 3.63. The lowest BCUT2D eigenvalue weighted by Crippen LogP contribution is -2.50. The molecule has 3 nitrogen and oxygen atoms in total. The van der Waals surface area contributed by atoms with Crippen LogP contribution in [0.1, 0.15) is 52.9 Å². The van der Waals surface area contributed by atoms with E-state index in [2.05, 4.69) is 13.8 Å². The van der Waals surface area contributed by atoms with Crippen molar-refractivity contribution in [1.82, 2.24) is 4.90 Å². The average molecular weight is 249 g/mol. The summed E-state index contributed by atoms with van der Waals surface area (Å²) in [6, 6.07) is 0.404. The summed E-state index contributed by atoms with van der Waals surface area (Å²) in [7, 11) is 0. The van der Waals surface area contributed by atoms with Crippen LogP contribution in [0.3, 0.4) is 0 Å². The minimum atomic E-state index is -0.312. The monoisotopic (exact) mass is 248 g/mol. The van der Waals surface area contributed by atoms with Gasteiger partial charge >= 0.3 is 0 Å². The van der Waals surface area contributed by atoms with E-state index < -0.39 is 0 Å². The molecule has 0 unspecified atom stereocenters. The Kier molecular flexibility index (Phi) is 7.00. The maximum Gasteiger partial charge on any atom is 0.239 e. The summed E-state index contributed by atoms with van der Waals surface area (Å²) in [5, 5.41) is 0. The van der Waals surface area contributed by atoms with Gasteiger partial charge in [0.25, 0.3) is 0 Å². The minimum Gasteiger partial charge on any atom is -0.336 e. The molecule has 1 atom stereocenters. The van der Waals surface area contributed by atoms with Gasteiger partial charge in [-0.3, -0.25) is 4.79 Å². The summed E-state index contributed by atoms with van der Waals surface area (Å²) < 4.78 is 0. The summed E-state index contributed by atoms with van der Waals surface area (Å²) in [6.07, 6.45) is 5.54. The highest BCUT2D eigenvalue weighted by Crippen LogP contribution is 2.25. The third-order valence-corrected chi connectivity index (χ3v) is 3.29. The van der Waals surface area contributed by atoms with E-state index in [1.807, 2.05) is 11.8 Å². The minimum absolute atomic E-state index is 0. The molecule has 4 heteroatoms. The molecule has 0 heterocycles. The number of hydrogen-bond acceptors (Lipinski definition) is 2. The van der Waals surface area contributed by atoms with Crippen molar-refractivity contribution in [3.63, 3.8) is 0 Å². The van der Waals surface area contributed by atoms with Crippen molar-refractivity contribution in [3.8, 4) is 0 Å². The molecule has 16 heavy (non-hydrogen) atoms. The highest BCUT2D eigenvalue weighted by molar-refractivity contribution is 5.85. The summed E-state index contributed by atoms with van der Waals surface area (Å²) in [5.74, 6) is 0.138. The first-order valence-corrected chi connectivity index (χ1v) is 6.15. The number of rotatable bonds is 4. The molecule has 1 rings (SSSR count). The molecule has 96 valence electrons. The number of carbonyl (C=O) groups is 1. The van der Waals surface area contributed by atoms with Gasteiger partial charge in [0.2, 0.25) is 5.91 Å². The predicted molar refractivity (Wildman–Crippen MR) is 69.8 cm³/mol. The lowest BCUT2D eigenvalue weighted by atomic mass is 10.1. The van der Waals surface area contributed by atoms with Crippen molar-refractivity contribution in [3.05, 3.63) is 0 Å². The van der Waals surface area contributed by atoms with Crippen LogP contribution in [-0.4, -0.2) is 28.9 Å². The fraction of sp³-hybridized carbons (Fsp3) is 0.917. The summed E-state index contributed by atoms with van der Waals surface area (Å²) >= 11 is 0. The second-order valence-corrected chi connectivity index (χ2v) is 4.79. The molecule has 0 aromatic heterocycles. The normalized spacial score (nSPS) is 18.3. The zero-order chi connectivity index (χ0) is 11.4. The van der Waals surface area contributed by atoms with Crippen LogP contribution in [0.5, 0.6) is 0 Å². The zero-order valence-corrected chi connectivity index (χ0v) is 11.4. The maximum atomic E-state index is 12.1. The van der Waals surface area contributed by atoms with E-state index >= 15 is 0 Å². The van der Waals surface area contributed by atoms with Gasteiger partial charge < -0.3 is 10.6 Å². The second kappa shape index (κ2) is 7.13. The van der Waals surface area contributed by atoms with E-state index in [0.717, 1.165) is 19.3 Å². The highest BCUT2D eigenvalue weighted by atomic mass is 35.5. The molecule has 0 radical (unpaired) electrons. The average Bonchev–Trinajstić information content (AvgIpc) is 2.69. The molecule has 2 N–H and O–H groups in total. The van der Waals surface area contributed by atoms with Gasteiger partial charge in [0.05, 0.1) is 6.04 Å². The Morgan fingerprint density at radius 2 is 1.88 bits per heavy atom. The Labute approximate surface area is 105 Å². The van der Waals surface area contributed by atoms with E-state index in [9.17, 15) is 4.79 Å². The first-order valence-electron chi connectivity index (χ1n) is 6.15. The largest absolute Gasteiger partial charge is 0.336 e. The predicted octanol–water partition coefficient (Wildman–Crippen LogP) is 2.33. The molecular weight excluding hydrogens is 224 g/mol. The van der Waals surface area contributed by atoms with Crippen LogP contribution in [0.4, 0.5) is 0 Å². The maximum absolute atomic E-state index is 12.1. The van der Waals surface area contributed by atoms with Crippen molar-refractivity contribution in [2.24, 2.45) is 5.73 Å². The quantitative estimate of drug-likeness (QED) is 0.830. The molecule has 0 aliphatic heterocycles. The van der Waals surface area contributed by atoms with Gasteiger partial charge in [-0.25, -0.2) is 0 Å². The van der Waals surface area contributed by atoms with E-state index in [4.69, 9.17) is 5.73 Å². The van der Waals surface area contributed by atoms with Crippen LogP contribution < -0.4 is 5.73 Å². The number of nitrogens with two attached hydrogens (primary N) is 1. The van der Waals surface area contributed by atoms with Crippen molar-refractivity contribution < 1.29 is 4.79 Å². The van der Waals surface area contributed by atoms with Crippen molar-refractivity contribution in [2.45, 2.75) is 71.0 Å². The first-order chi connectivity index (χ1) is 7.07. The van der Waals surface area contributed by atoms with Gasteiger partial charge in [-0.1, -0.05) is 19.8 Å². The Morgan fingerprint density at radius 3 is 2.25 bits per heavy atom. The lowest BCUT2D eigenvalue weighted by molar-refractivity contribution is -0.136. The van der Waals surface area contributed by atoms with Crippen LogP contribution in [-0.2, 0) is 4.79 Å². The Balaban J connectivity index is 0.00000225. The van der Waals surface area contributed by atoms with Gasteiger partial charge in [0.1, 0.15) is 0 Å². The van der Waals surface area contributed by atoms with Crippen LogP contribution in [0, 0.1) is 0 Å². The second-order valence-electron chi connectivity index (χ2n) is 4.79. The molecule has 1 saturated carbocycles. The molecule has 0 aromatic carbocycles. The lowest BCUT2D eigenvalue weighted by Gasteiger charge is -2.34. The Morgan fingerprint density at radius 1 is 1.38 bits per heavy atom. The summed E-state index contributed by atoms with van der Waals surface area (Å²) in [6.45, 7) is 6.13. The van der Waals surface area contributed by atoms with Gasteiger partial charge in [-0.15, -0.1) is 12.4 Å². The van der Waals surface area contributed by atoms with Crippen molar-refractivity contribution >= 4 is 18.3 Å². The summed E-state index contributed by atoms with van der Waals surface area (Å²) in [4.78, 5) is 14.1. The molecule has 1 fully saturated rings. The topological polar surface area (TPSA) is 46.3 Å². The molecule has 0 saturated heterocycles. The molecule has 1 aliphatic carbocycles. The Hall–Kier alpha value is -0.280. The van der Waals surface area contributed by atoms with Gasteiger partial charge in [-0.05, 0) is 33.1 Å². The number of hydrogen-bond donors (Lipinski definition) is 1. The number of nitrogens with zero attached hydrogens (tertiary/aromatic N) is 1. The molecule has 1 amide bonds. The highest BCUT2D eigenvalue weighted by Gasteiger charge is 2.30. The van der Waals surface area contributed by atoms with Crippen LogP contribution in [0.15, 0.2) is 0 Å². The van der Waals surface area contributed by atoms with E-state index in [0.29, 0.717) is 6.04 Å². The van der Waals surface area contributed by atoms with Crippen molar-refractivity contribution in [2.75, 3.05) is 0 Å². The van der Waals surface area contributed by atoms with E-state index in [1.165, 1.54) is 12.8 Å². The standard InChI is InChI=1S/C12H24N2O.ClH/c1-4-11(13)12(15)14(9(2)3)10-7-5-6-8-10;/h9-11H,4-8,13H2,1-3H3;1H/t11-;/m0./s1. The van der Waals surface area contributed by atoms with Gasteiger partial charge in [0.15, 0.2) is 0 Å². The zero-order valence-electron chi connectivity index (χ0n) is 10.6. The smallest absolute Gasteiger partial charge is 0.239 e. The first kappa shape index (κ1) is 15.7. The number of amides is 1. The number of carbonyl (C=O) groups excluding carboxylic acids is 1. The van der Waals surface area contributed by atoms with E-state index in [-0.39, 0.29) is 30.4 Å². The Bertz CT molecular complexity index is 215. The summed E-state index contributed by atoms with van der Waals surface area (Å²) in [5.41, 5.74) is 5.83. The van der Waals surface area contributed by atoms with Crippen LogP contribution in [0.25, 0.3) is 0 Å². The van der Waals surface area contributed by atoms with E-state index in [1.54, 1.807) is 0 Å². The van der Waals surface area contributed by atoms with Crippen LogP contribution in [0.2, 0.25) is 0 Å². The molecule has 0 spiro atoms. The van der Waals surface area contributed by atoms with Gasteiger partial charge in [0, 0.05) is 12.1 Å².